The molecule has 0 bridgehead atoms. The van der Waals surface area contributed by atoms with E-state index in [0.29, 0.717) is 18.0 Å². The van der Waals surface area contributed by atoms with Gasteiger partial charge in [0.1, 0.15) is 18.1 Å². The topological polar surface area (TPSA) is 75.7 Å². The van der Waals surface area contributed by atoms with Gasteiger partial charge in [-0.3, -0.25) is 9.10 Å². The summed E-state index contributed by atoms with van der Waals surface area (Å²) in [6, 6.07) is 19.4. The van der Waals surface area contributed by atoms with Crippen molar-refractivity contribution in [3.8, 4) is 5.75 Å². The SMILES string of the molecule is COc1ccc(S(=O)(=O)N(CC(=O)NCCSCc2cccc(C)c2)c2ccccc2F)cc1. The smallest absolute Gasteiger partial charge is 0.264 e. The van der Waals surface area contributed by atoms with Crippen molar-refractivity contribution in [1.82, 2.24) is 5.32 Å². The van der Waals surface area contributed by atoms with E-state index in [1.807, 2.05) is 19.1 Å². The summed E-state index contributed by atoms with van der Waals surface area (Å²) in [6.07, 6.45) is 0. The lowest BCUT2D eigenvalue weighted by Crippen LogP contribution is -2.41. The Kier molecular flexibility index (Phi) is 8.95. The van der Waals surface area contributed by atoms with Crippen molar-refractivity contribution >= 4 is 33.4 Å². The van der Waals surface area contributed by atoms with E-state index < -0.39 is 28.3 Å². The molecule has 0 heterocycles. The monoisotopic (exact) mass is 502 g/mol. The van der Waals surface area contributed by atoms with Gasteiger partial charge in [0.2, 0.25) is 5.91 Å². The zero-order chi connectivity index (χ0) is 24.6. The fourth-order valence-corrected chi connectivity index (χ4v) is 5.50. The second-order valence-corrected chi connectivity index (χ2v) is 10.5. The second kappa shape index (κ2) is 11.9. The first-order chi connectivity index (χ1) is 16.3. The minimum atomic E-state index is -4.20. The summed E-state index contributed by atoms with van der Waals surface area (Å²) in [6.45, 7) is 1.86. The van der Waals surface area contributed by atoms with Crippen LogP contribution in [-0.2, 0) is 20.6 Å². The molecule has 6 nitrogen and oxygen atoms in total. The van der Waals surface area contributed by atoms with Gasteiger partial charge in [0, 0.05) is 18.1 Å². The zero-order valence-corrected chi connectivity index (χ0v) is 20.7. The first kappa shape index (κ1) is 25.6. The number of carbonyl (C=O) groups is 1. The highest BCUT2D eigenvalue weighted by molar-refractivity contribution is 7.98. The predicted octanol–water partition coefficient (Wildman–Crippen LogP) is 4.39. The molecule has 9 heteroatoms. The van der Waals surface area contributed by atoms with Crippen LogP contribution in [0.1, 0.15) is 11.1 Å². The first-order valence-corrected chi connectivity index (χ1v) is 13.2. The maximum atomic E-state index is 14.5. The van der Waals surface area contributed by atoms with E-state index in [1.54, 1.807) is 11.8 Å². The molecule has 0 aliphatic rings. The summed E-state index contributed by atoms with van der Waals surface area (Å²) >= 11 is 1.66. The molecule has 0 fully saturated rings. The van der Waals surface area contributed by atoms with E-state index in [2.05, 4.69) is 17.4 Å². The minimum absolute atomic E-state index is 0.0712. The molecule has 34 heavy (non-hydrogen) atoms. The molecule has 0 aromatic heterocycles. The molecule has 0 saturated heterocycles. The number of halogens is 1. The lowest BCUT2D eigenvalue weighted by molar-refractivity contribution is -0.119. The van der Waals surface area contributed by atoms with Crippen LogP contribution in [0.3, 0.4) is 0 Å². The Bertz CT molecular complexity index is 1220. The molecular formula is C25H27FN2O4S2. The normalized spacial score (nSPS) is 11.1. The third-order valence-electron chi connectivity index (χ3n) is 4.98. The maximum Gasteiger partial charge on any atom is 0.264 e. The van der Waals surface area contributed by atoms with Crippen molar-refractivity contribution in [2.75, 3.05) is 30.3 Å². The Morgan fingerprint density at radius 1 is 1.06 bits per heavy atom. The number of hydrogen-bond donors (Lipinski definition) is 1. The van der Waals surface area contributed by atoms with Crippen molar-refractivity contribution < 1.29 is 22.3 Å². The highest BCUT2D eigenvalue weighted by atomic mass is 32.2. The number of ether oxygens (including phenoxy) is 1. The Morgan fingerprint density at radius 3 is 2.47 bits per heavy atom. The van der Waals surface area contributed by atoms with Gasteiger partial charge in [0.25, 0.3) is 10.0 Å². The molecular weight excluding hydrogens is 475 g/mol. The summed E-state index contributed by atoms with van der Waals surface area (Å²) in [5.41, 5.74) is 2.20. The van der Waals surface area contributed by atoms with Crippen LogP contribution in [0, 0.1) is 12.7 Å². The van der Waals surface area contributed by atoms with Crippen molar-refractivity contribution in [2.45, 2.75) is 17.6 Å². The van der Waals surface area contributed by atoms with Crippen molar-refractivity contribution in [2.24, 2.45) is 0 Å². The molecule has 3 aromatic rings. The van der Waals surface area contributed by atoms with Crippen LogP contribution in [0.25, 0.3) is 0 Å². The zero-order valence-electron chi connectivity index (χ0n) is 19.0. The third-order valence-corrected chi connectivity index (χ3v) is 7.78. The van der Waals surface area contributed by atoms with Gasteiger partial charge in [-0.25, -0.2) is 12.8 Å². The Balaban J connectivity index is 1.66. The van der Waals surface area contributed by atoms with Gasteiger partial charge < -0.3 is 10.1 Å². The number of aryl methyl sites for hydroxylation is 1. The fraction of sp³-hybridized carbons (Fsp3) is 0.240. The molecule has 0 aliphatic heterocycles. The lowest BCUT2D eigenvalue weighted by atomic mass is 10.2. The van der Waals surface area contributed by atoms with Gasteiger partial charge in [-0.2, -0.15) is 11.8 Å². The van der Waals surface area contributed by atoms with E-state index in [4.69, 9.17) is 4.74 Å². The van der Waals surface area contributed by atoms with E-state index in [-0.39, 0.29) is 10.6 Å². The minimum Gasteiger partial charge on any atom is -0.497 e. The molecule has 1 N–H and O–H groups in total. The fourth-order valence-electron chi connectivity index (χ4n) is 3.27. The van der Waals surface area contributed by atoms with Gasteiger partial charge in [-0.15, -0.1) is 0 Å². The number of nitrogens with one attached hydrogen (secondary N) is 1. The number of amides is 1. The molecule has 0 radical (unpaired) electrons. The van der Waals surface area contributed by atoms with Crippen LogP contribution >= 0.6 is 11.8 Å². The summed E-state index contributed by atoms with van der Waals surface area (Å²) in [4.78, 5) is 12.6. The Labute approximate surface area is 204 Å². The number of carbonyl (C=O) groups excluding carboxylic acids is 1. The largest absolute Gasteiger partial charge is 0.497 e. The average Bonchev–Trinajstić information content (AvgIpc) is 2.83. The molecule has 0 atom stereocenters. The molecule has 0 unspecified atom stereocenters. The van der Waals surface area contributed by atoms with Crippen LogP contribution in [0.5, 0.6) is 5.75 Å². The van der Waals surface area contributed by atoms with Crippen LogP contribution in [0.4, 0.5) is 10.1 Å². The Morgan fingerprint density at radius 2 is 1.79 bits per heavy atom. The number of methoxy groups -OCH3 is 1. The highest BCUT2D eigenvalue weighted by Gasteiger charge is 2.29. The van der Waals surface area contributed by atoms with Gasteiger partial charge in [-0.05, 0) is 48.9 Å². The van der Waals surface area contributed by atoms with E-state index in [1.165, 1.54) is 60.7 Å². The molecule has 0 aliphatic carbocycles. The summed E-state index contributed by atoms with van der Waals surface area (Å²) in [5, 5.41) is 2.73. The van der Waals surface area contributed by atoms with Crippen molar-refractivity contribution in [3.05, 3.63) is 89.7 Å². The molecule has 1 amide bonds. The number of nitrogens with zero attached hydrogens (tertiary/aromatic N) is 1. The molecule has 3 rings (SSSR count). The standard InChI is InChI=1S/C25H27FN2O4S2/c1-19-6-5-7-20(16-19)18-33-15-14-27-25(29)17-28(24-9-4-3-8-23(24)26)34(30,31)22-12-10-21(32-2)11-13-22/h3-13,16H,14-15,17-18H2,1-2H3,(H,27,29). The summed E-state index contributed by atoms with van der Waals surface area (Å²) in [7, 11) is -2.73. The van der Waals surface area contributed by atoms with Crippen LogP contribution in [-0.4, -0.2) is 40.3 Å². The van der Waals surface area contributed by atoms with Gasteiger partial charge in [-0.1, -0.05) is 42.0 Å². The molecule has 0 saturated carbocycles. The lowest BCUT2D eigenvalue weighted by Gasteiger charge is -2.24. The van der Waals surface area contributed by atoms with E-state index in [0.717, 1.165) is 16.1 Å². The van der Waals surface area contributed by atoms with Crippen molar-refractivity contribution in [3.63, 3.8) is 0 Å². The van der Waals surface area contributed by atoms with Gasteiger partial charge in [0.15, 0.2) is 0 Å². The van der Waals surface area contributed by atoms with Gasteiger partial charge in [0.05, 0.1) is 17.7 Å². The quantitative estimate of drug-likeness (QED) is 0.394. The van der Waals surface area contributed by atoms with Crippen LogP contribution in [0.2, 0.25) is 0 Å². The average molecular weight is 503 g/mol. The molecule has 180 valence electrons. The number of hydrogen-bond acceptors (Lipinski definition) is 5. The number of benzene rings is 3. The Hall–Kier alpha value is -3.04. The van der Waals surface area contributed by atoms with E-state index >= 15 is 0 Å². The second-order valence-electron chi connectivity index (χ2n) is 7.53. The molecule has 0 spiro atoms. The number of rotatable bonds is 11. The third kappa shape index (κ3) is 6.74. The van der Waals surface area contributed by atoms with Crippen LogP contribution < -0.4 is 14.4 Å². The number of para-hydroxylation sites is 1. The van der Waals surface area contributed by atoms with Crippen LogP contribution in [0.15, 0.2) is 77.7 Å². The van der Waals surface area contributed by atoms with E-state index in [9.17, 15) is 17.6 Å². The predicted molar refractivity (Wildman–Crippen MR) is 134 cm³/mol. The van der Waals surface area contributed by atoms with Gasteiger partial charge >= 0.3 is 0 Å². The number of thioether (sulfide) groups is 1. The number of sulfonamides is 1. The summed E-state index contributed by atoms with van der Waals surface area (Å²) in [5.74, 6) is 0.699. The number of anilines is 1. The van der Waals surface area contributed by atoms with Crippen molar-refractivity contribution in [1.29, 1.82) is 0 Å². The maximum absolute atomic E-state index is 14.5. The first-order valence-electron chi connectivity index (χ1n) is 10.6. The summed E-state index contributed by atoms with van der Waals surface area (Å²) < 4.78 is 47.0. The highest BCUT2D eigenvalue weighted by Crippen LogP contribution is 2.27. The molecule has 3 aromatic carbocycles.